The Kier molecular flexibility index (Phi) is 5.39. The van der Waals surface area contributed by atoms with Crippen LogP contribution in [-0.4, -0.2) is 22.2 Å². The van der Waals surface area contributed by atoms with Crippen molar-refractivity contribution in [3.8, 4) is 0 Å². The standard InChI is InChI=1S/C16H19ClN4O2/c1-2-5-12(17)11-9-14(15(23)20-16(18)19)21-7-4-3-6-10(22)8-13(11)21/h2,5,9H,1,3-4,6-8H2,(H4,18,19,20,23)/b12-5+. The molecule has 1 aromatic rings. The zero-order chi connectivity index (χ0) is 17.0. The maximum Gasteiger partial charge on any atom is 0.296 e. The molecule has 7 heteroatoms. The summed E-state index contributed by atoms with van der Waals surface area (Å²) >= 11 is 6.28. The highest BCUT2D eigenvalue weighted by atomic mass is 35.5. The van der Waals surface area contributed by atoms with Gasteiger partial charge >= 0.3 is 0 Å². The molecule has 0 spiro atoms. The van der Waals surface area contributed by atoms with Crippen LogP contribution in [0.25, 0.3) is 5.03 Å². The number of rotatable bonds is 3. The van der Waals surface area contributed by atoms with Crippen LogP contribution in [0.15, 0.2) is 29.8 Å². The fourth-order valence-electron chi connectivity index (χ4n) is 2.65. The highest BCUT2D eigenvalue weighted by Crippen LogP contribution is 2.30. The van der Waals surface area contributed by atoms with Gasteiger partial charge in [0.2, 0.25) is 0 Å². The van der Waals surface area contributed by atoms with Crippen LogP contribution in [0.3, 0.4) is 0 Å². The lowest BCUT2D eigenvalue weighted by Crippen LogP contribution is -2.25. The average molecular weight is 335 g/mol. The lowest BCUT2D eigenvalue weighted by atomic mass is 10.0. The van der Waals surface area contributed by atoms with E-state index in [0.717, 1.165) is 12.8 Å². The third kappa shape index (κ3) is 3.90. The molecule has 0 radical (unpaired) electrons. The average Bonchev–Trinajstić information content (AvgIpc) is 2.79. The van der Waals surface area contributed by atoms with Gasteiger partial charge in [-0.1, -0.05) is 24.3 Å². The smallest absolute Gasteiger partial charge is 0.296 e. The molecule has 2 heterocycles. The summed E-state index contributed by atoms with van der Waals surface area (Å²) in [6.07, 6.45) is 5.51. The Morgan fingerprint density at radius 2 is 2.13 bits per heavy atom. The van der Waals surface area contributed by atoms with Gasteiger partial charge in [-0.2, -0.15) is 4.99 Å². The van der Waals surface area contributed by atoms with E-state index >= 15 is 0 Å². The summed E-state index contributed by atoms with van der Waals surface area (Å²) in [5.74, 6) is -0.732. The molecule has 1 aliphatic heterocycles. The Balaban J connectivity index is 2.62. The summed E-state index contributed by atoms with van der Waals surface area (Å²) in [4.78, 5) is 27.9. The first kappa shape index (κ1) is 17.0. The number of Topliss-reactive ketones (excluding diaryl/α,β-unsaturated/α-hetero) is 1. The Bertz CT molecular complexity index is 712. The SMILES string of the molecule is C=C/C=C(/Cl)c1cc(C(=O)N=C(N)N)n2c1CC(=O)CCCC2. The molecule has 6 nitrogen and oxygen atoms in total. The van der Waals surface area contributed by atoms with Crippen LogP contribution < -0.4 is 11.5 Å². The van der Waals surface area contributed by atoms with Gasteiger partial charge in [0, 0.05) is 35.7 Å². The van der Waals surface area contributed by atoms with Gasteiger partial charge in [0.05, 0.1) is 0 Å². The van der Waals surface area contributed by atoms with Crippen LogP contribution in [0.5, 0.6) is 0 Å². The van der Waals surface area contributed by atoms with Gasteiger partial charge in [0.25, 0.3) is 5.91 Å². The van der Waals surface area contributed by atoms with Crippen LogP contribution in [0.2, 0.25) is 0 Å². The zero-order valence-corrected chi connectivity index (χ0v) is 13.5. The molecule has 0 bridgehead atoms. The van der Waals surface area contributed by atoms with Crippen molar-refractivity contribution >= 4 is 34.3 Å². The van der Waals surface area contributed by atoms with Crippen LogP contribution >= 0.6 is 11.6 Å². The number of allylic oxidation sites excluding steroid dienone is 2. The molecular formula is C16H19ClN4O2. The van der Waals surface area contributed by atoms with Crippen LogP contribution in [-0.2, 0) is 17.8 Å². The number of halogens is 1. The minimum absolute atomic E-state index is 0.120. The van der Waals surface area contributed by atoms with Crippen LogP contribution in [0.1, 0.15) is 41.0 Å². The highest BCUT2D eigenvalue weighted by molar-refractivity contribution is 6.49. The number of hydrogen-bond donors (Lipinski definition) is 2. The predicted octanol–water partition coefficient (Wildman–Crippen LogP) is 1.96. The lowest BCUT2D eigenvalue weighted by molar-refractivity contribution is -0.118. The topological polar surface area (TPSA) is 103 Å². The third-order valence-corrected chi connectivity index (χ3v) is 3.96. The maximum atomic E-state index is 12.3. The molecule has 4 N–H and O–H groups in total. The number of aliphatic imine (C=N–C) groups is 1. The van der Waals surface area contributed by atoms with E-state index in [-0.39, 0.29) is 18.2 Å². The normalized spacial score (nSPS) is 15.3. The highest BCUT2D eigenvalue weighted by Gasteiger charge is 2.24. The molecule has 1 amide bonds. The second kappa shape index (κ2) is 7.28. The minimum atomic E-state index is -0.548. The van der Waals surface area contributed by atoms with Gasteiger partial charge in [0.1, 0.15) is 11.5 Å². The number of carbonyl (C=O) groups is 2. The van der Waals surface area contributed by atoms with Gasteiger partial charge < -0.3 is 16.0 Å². The molecule has 0 saturated heterocycles. The lowest BCUT2D eigenvalue weighted by Gasteiger charge is -2.16. The number of hydrogen-bond acceptors (Lipinski definition) is 2. The van der Waals surface area contributed by atoms with Crippen molar-refractivity contribution in [3.63, 3.8) is 0 Å². The van der Waals surface area contributed by atoms with Crippen molar-refractivity contribution in [2.24, 2.45) is 16.5 Å². The maximum absolute atomic E-state index is 12.3. The molecule has 23 heavy (non-hydrogen) atoms. The quantitative estimate of drug-likeness (QED) is 0.501. The summed E-state index contributed by atoms with van der Waals surface area (Å²) in [5, 5.41) is 0.417. The number of nitrogens with zero attached hydrogens (tertiary/aromatic N) is 2. The first-order chi connectivity index (χ1) is 10.9. The Hall–Kier alpha value is -2.34. The van der Waals surface area contributed by atoms with Crippen molar-refractivity contribution in [2.45, 2.75) is 32.2 Å². The van der Waals surface area contributed by atoms with Crippen molar-refractivity contribution in [1.29, 1.82) is 0 Å². The molecule has 0 fully saturated rings. The monoisotopic (exact) mass is 334 g/mol. The number of carbonyl (C=O) groups excluding carboxylic acids is 2. The molecule has 0 aromatic carbocycles. The third-order valence-electron chi connectivity index (χ3n) is 3.63. The summed E-state index contributed by atoms with van der Waals surface area (Å²) in [6, 6.07) is 1.63. The fourth-order valence-corrected chi connectivity index (χ4v) is 2.91. The summed E-state index contributed by atoms with van der Waals surface area (Å²) < 4.78 is 1.79. The molecule has 0 aliphatic carbocycles. The largest absolute Gasteiger partial charge is 0.370 e. The van der Waals surface area contributed by atoms with Gasteiger partial charge in [-0.25, -0.2) is 0 Å². The molecule has 0 saturated carbocycles. The number of ketones is 1. The van der Waals surface area contributed by atoms with E-state index in [2.05, 4.69) is 11.6 Å². The minimum Gasteiger partial charge on any atom is -0.370 e. The Morgan fingerprint density at radius 1 is 1.39 bits per heavy atom. The molecule has 122 valence electrons. The summed E-state index contributed by atoms with van der Waals surface area (Å²) in [7, 11) is 0. The van der Waals surface area contributed by atoms with Gasteiger partial charge in [-0.15, -0.1) is 0 Å². The Morgan fingerprint density at radius 3 is 2.78 bits per heavy atom. The summed E-state index contributed by atoms with van der Waals surface area (Å²) in [6.45, 7) is 4.22. The zero-order valence-electron chi connectivity index (χ0n) is 12.7. The molecule has 0 unspecified atom stereocenters. The van der Waals surface area contributed by atoms with Crippen molar-refractivity contribution < 1.29 is 9.59 Å². The molecule has 2 rings (SSSR count). The van der Waals surface area contributed by atoms with Crippen molar-refractivity contribution in [2.75, 3.05) is 0 Å². The number of nitrogens with two attached hydrogens (primary N) is 2. The fraction of sp³-hybridized carbons (Fsp3) is 0.312. The van der Waals surface area contributed by atoms with Gasteiger partial charge in [-0.05, 0) is 25.0 Å². The van der Waals surface area contributed by atoms with Crippen molar-refractivity contribution in [1.82, 2.24) is 4.57 Å². The van der Waals surface area contributed by atoms with Crippen molar-refractivity contribution in [3.05, 3.63) is 41.7 Å². The summed E-state index contributed by atoms with van der Waals surface area (Å²) in [5.41, 5.74) is 12.3. The number of aromatic nitrogens is 1. The van der Waals surface area contributed by atoms with E-state index in [9.17, 15) is 9.59 Å². The molecule has 1 aliphatic rings. The van der Waals surface area contributed by atoms with E-state index in [0.29, 0.717) is 34.9 Å². The predicted molar refractivity (Wildman–Crippen MR) is 91.2 cm³/mol. The molecule has 0 atom stereocenters. The van der Waals surface area contributed by atoms with E-state index in [1.54, 1.807) is 22.8 Å². The Labute approximate surface area is 139 Å². The van der Waals surface area contributed by atoms with E-state index in [1.807, 2.05) is 0 Å². The first-order valence-corrected chi connectivity index (χ1v) is 7.68. The van der Waals surface area contributed by atoms with Crippen LogP contribution in [0, 0.1) is 0 Å². The number of fused-ring (bicyclic) bond motifs is 1. The van der Waals surface area contributed by atoms with Gasteiger partial charge in [-0.3, -0.25) is 9.59 Å². The molecule has 1 aromatic heterocycles. The molecular weight excluding hydrogens is 316 g/mol. The van der Waals surface area contributed by atoms with Crippen LogP contribution in [0.4, 0.5) is 0 Å². The van der Waals surface area contributed by atoms with E-state index in [1.165, 1.54) is 0 Å². The van der Waals surface area contributed by atoms with Gasteiger partial charge in [0.15, 0.2) is 5.96 Å². The second-order valence-electron chi connectivity index (χ2n) is 5.31. The second-order valence-corrected chi connectivity index (χ2v) is 5.71. The first-order valence-electron chi connectivity index (χ1n) is 7.30. The van der Waals surface area contributed by atoms with E-state index in [4.69, 9.17) is 23.1 Å². The number of guanidine groups is 1. The number of amides is 1. The van der Waals surface area contributed by atoms with E-state index < -0.39 is 5.91 Å².